The predicted octanol–water partition coefficient (Wildman–Crippen LogP) is 3.00. The Balaban J connectivity index is 1.60. The van der Waals surface area contributed by atoms with Gasteiger partial charge in [0.15, 0.2) is 0 Å². The molecule has 0 aliphatic carbocycles. The molecule has 1 N–H and O–H groups in total. The fourth-order valence-corrected chi connectivity index (χ4v) is 2.45. The minimum Gasteiger partial charge on any atom is -0.481 e. The van der Waals surface area contributed by atoms with Gasteiger partial charge in [0.05, 0.1) is 5.92 Å². The standard InChI is InChI=1S/C17H17NO3/c19-17(20)14-11-18(12-14)10-13-5-4-8-16(9-13)21-15-6-2-1-3-7-15/h1-9,14H,10-12H2,(H,19,20). The second kappa shape index (κ2) is 5.97. The van der Waals surface area contributed by atoms with Crippen LogP contribution in [0, 0.1) is 5.92 Å². The largest absolute Gasteiger partial charge is 0.481 e. The van der Waals surface area contributed by atoms with Crippen LogP contribution in [0.3, 0.4) is 0 Å². The molecule has 0 spiro atoms. The van der Waals surface area contributed by atoms with Crippen LogP contribution in [-0.2, 0) is 11.3 Å². The van der Waals surface area contributed by atoms with E-state index in [4.69, 9.17) is 9.84 Å². The number of hydrogen-bond donors (Lipinski definition) is 1. The van der Waals surface area contributed by atoms with E-state index in [9.17, 15) is 4.79 Å². The number of carboxylic acids is 1. The van der Waals surface area contributed by atoms with Crippen LogP contribution < -0.4 is 4.74 Å². The normalized spacial score (nSPS) is 15.4. The SMILES string of the molecule is O=C(O)C1CN(Cc2cccc(Oc3ccccc3)c2)C1. The summed E-state index contributed by atoms with van der Waals surface area (Å²) in [7, 11) is 0. The molecule has 0 saturated carbocycles. The zero-order chi connectivity index (χ0) is 14.7. The lowest BCUT2D eigenvalue weighted by Crippen LogP contribution is -2.49. The van der Waals surface area contributed by atoms with Crippen molar-refractivity contribution in [2.75, 3.05) is 13.1 Å². The van der Waals surface area contributed by atoms with Crippen LogP contribution in [0.25, 0.3) is 0 Å². The molecule has 2 aromatic carbocycles. The molecule has 1 fully saturated rings. The highest BCUT2D eigenvalue weighted by molar-refractivity contribution is 5.71. The van der Waals surface area contributed by atoms with Crippen molar-refractivity contribution in [3.8, 4) is 11.5 Å². The molecular weight excluding hydrogens is 266 g/mol. The molecule has 4 heteroatoms. The number of ether oxygens (including phenoxy) is 1. The van der Waals surface area contributed by atoms with Gasteiger partial charge in [-0.15, -0.1) is 0 Å². The third-order valence-corrected chi connectivity index (χ3v) is 3.59. The van der Waals surface area contributed by atoms with Gasteiger partial charge in [-0.05, 0) is 29.8 Å². The number of nitrogens with zero attached hydrogens (tertiary/aromatic N) is 1. The molecule has 0 atom stereocenters. The van der Waals surface area contributed by atoms with E-state index in [0.717, 1.165) is 23.6 Å². The van der Waals surface area contributed by atoms with E-state index in [2.05, 4.69) is 4.90 Å². The van der Waals surface area contributed by atoms with Gasteiger partial charge >= 0.3 is 5.97 Å². The van der Waals surface area contributed by atoms with Crippen molar-refractivity contribution in [1.82, 2.24) is 4.90 Å². The first-order valence-corrected chi connectivity index (χ1v) is 6.98. The lowest BCUT2D eigenvalue weighted by molar-refractivity contribution is -0.147. The summed E-state index contributed by atoms with van der Waals surface area (Å²) in [4.78, 5) is 12.9. The number of likely N-dealkylation sites (tertiary alicyclic amines) is 1. The molecule has 0 radical (unpaired) electrons. The second-order valence-electron chi connectivity index (χ2n) is 5.29. The summed E-state index contributed by atoms with van der Waals surface area (Å²) in [6.45, 7) is 2.01. The average molecular weight is 283 g/mol. The fraction of sp³-hybridized carbons (Fsp3) is 0.235. The summed E-state index contributed by atoms with van der Waals surface area (Å²) in [6, 6.07) is 17.6. The monoisotopic (exact) mass is 283 g/mol. The van der Waals surface area contributed by atoms with Crippen LogP contribution in [0.5, 0.6) is 11.5 Å². The van der Waals surface area contributed by atoms with Gasteiger partial charge in [0, 0.05) is 19.6 Å². The molecule has 0 unspecified atom stereocenters. The molecular formula is C17H17NO3. The molecule has 4 nitrogen and oxygen atoms in total. The number of aliphatic carboxylic acids is 1. The first kappa shape index (κ1) is 13.6. The van der Waals surface area contributed by atoms with Gasteiger partial charge < -0.3 is 9.84 Å². The highest BCUT2D eigenvalue weighted by Crippen LogP contribution is 2.24. The molecule has 0 amide bonds. The van der Waals surface area contributed by atoms with Gasteiger partial charge in [0.1, 0.15) is 11.5 Å². The molecule has 1 aliphatic heterocycles. The van der Waals surface area contributed by atoms with Gasteiger partial charge in [0.25, 0.3) is 0 Å². The average Bonchev–Trinajstić information content (AvgIpc) is 2.43. The molecule has 1 heterocycles. The molecule has 1 aliphatic rings. The summed E-state index contributed by atoms with van der Waals surface area (Å²) < 4.78 is 5.80. The number of hydrogen-bond acceptors (Lipinski definition) is 3. The third-order valence-electron chi connectivity index (χ3n) is 3.59. The summed E-state index contributed by atoms with van der Waals surface area (Å²) in [5, 5.41) is 8.88. The first-order valence-electron chi connectivity index (χ1n) is 6.98. The summed E-state index contributed by atoms with van der Waals surface area (Å²) in [5.74, 6) is 0.694. The zero-order valence-electron chi connectivity index (χ0n) is 11.6. The molecule has 1 saturated heterocycles. The maximum absolute atomic E-state index is 10.8. The number of rotatable bonds is 5. The van der Waals surface area contributed by atoms with Crippen molar-refractivity contribution in [3.63, 3.8) is 0 Å². The topological polar surface area (TPSA) is 49.8 Å². The fourth-order valence-electron chi connectivity index (χ4n) is 2.45. The quantitative estimate of drug-likeness (QED) is 0.916. The highest BCUT2D eigenvalue weighted by Gasteiger charge is 2.32. The van der Waals surface area contributed by atoms with Crippen molar-refractivity contribution >= 4 is 5.97 Å². The van der Waals surface area contributed by atoms with E-state index in [1.54, 1.807) is 0 Å². The van der Waals surface area contributed by atoms with E-state index >= 15 is 0 Å². The Bertz CT molecular complexity index is 621. The first-order chi connectivity index (χ1) is 10.2. The minimum absolute atomic E-state index is 0.214. The van der Waals surface area contributed by atoms with Crippen molar-refractivity contribution in [2.24, 2.45) is 5.92 Å². The van der Waals surface area contributed by atoms with Crippen molar-refractivity contribution in [1.29, 1.82) is 0 Å². The molecule has 21 heavy (non-hydrogen) atoms. The van der Waals surface area contributed by atoms with E-state index < -0.39 is 5.97 Å². The van der Waals surface area contributed by atoms with E-state index in [-0.39, 0.29) is 5.92 Å². The molecule has 0 aromatic heterocycles. The Morgan fingerprint density at radius 2 is 1.81 bits per heavy atom. The Labute approximate surface area is 123 Å². The lowest BCUT2D eigenvalue weighted by Gasteiger charge is -2.36. The molecule has 3 rings (SSSR count). The highest BCUT2D eigenvalue weighted by atomic mass is 16.5. The number of benzene rings is 2. The molecule has 2 aromatic rings. The van der Waals surface area contributed by atoms with Crippen molar-refractivity contribution in [3.05, 3.63) is 60.2 Å². The Morgan fingerprint density at radius 1 is 1.10 bits per heavy atom. The lowest BCUT2D eigenvalue weighted by atomic mass is 9.99. The molecule has 108 valence electrons. The van der Waals surface area contributed by atoms with E-state index in [0.29, 0.717) is 13.1 Å². The van der Waals surface area contributed by atoms with Gasteiger partial charge in [0.2, 0.25) is 0 Å². The van der Waals surface area contributed by atoms with Crippen LogP contribution in [0.2, 0.25) is 0 Å². The van der Waals surface area contributed by atoms with E-state index in [1.807, 2.05) is 54.6 Å². The van der Waals surface area contributed by atoms with Crippen LogP contribution in [0.15, 0.2) is 54.6 Å². The van der Waals surface area contributed by atoms with Crippen LogP contribution in [0.4, 0.5) is 0 Å². The van der Waals surface area contributed by atoms with Crippen molar-refractivity contribution < 1.29 is 14.6 Å². The van der Waals surface area contributed by atoms with Gasteiger partial charge in [-0.3, -0.25) is 9.69 Å². The Morgan fingerprint density at radius 3 is 2.52 bits per heavy atom. The maximum atomic E-state index is 10.8. The maximum Gasteiger partial charge on any atom is 0.309 e. The Kier molecular flexibility index (Phi) is 3.88. The summed E-state index contributed by atoms with van der Waals surface area (Å²) >= 11 is 0. The predicted molar refractivity (Wildman–Crippen MR) is 79.4 cm³/mol. The van der Waals surface area contributed by atoms with Crippen LogP contribution in [0.1, 0.15) is 5.56 Å². The summed E-state index contributed by atoms with van der Waals surface area (Å²) in [6.07, 6.45) is 0. The Hall–Kier alpha value is -2.33. The van der Waals surface area contributed by atoms with Gasteiger partial charge in [-0.1, -0.05) is 30.3 Å². The number of carboxylic acid groups (broad SMARTS) is 1. The summed E-state index contributed by atoms with van der Waals surface area (Å²) in [5.41, 5.74) is 1.13. The third kappa shape index (κ3) is 3.41. The van der Waals surface area contributed by atoms with Crippen LogP contribution >= 0.6 is 0 Å². The number of para-hydroxylation sites is 1. The minimum atomic E-state index is -0.701. The van der Waals surface area contributed by atoms with Crippen LogP contribution in [-0.4, -0.2) is 29.1 Å². The van der Waals surface area contributed by atoms with E-state index in [1.165, 1.54) is 0 Å². The smallest absolute Gasteiger partial charge is 0.309 e. The van der Waals surface area contributed by atoms with Crippen molar-refractivity contribution in [2.45, 2.75) is 6.54 Å². The second-order valence-corrected chi connectivity index (χ2v) is 5.29. The zero-order valence-corrected chi connectivity index (χ0v) is 11.6. The van der Waals surface area contributed by atoms with Gasteiger partial charge in [-0.25, -0.2) is 0 Å². The number of carbonyl (C=O) groups is 1. The molecule has 0 bridgehead atoms. The van der Waals surface area contributed by atoms with Gasteiger partial charge in [-0.2, -0.15) is 0 Å².